The van der Waals surface area contributed by atoms with Gasteiger partial charge in [0.25, 0.3) is 0 Å². The van der Waals surface area contributed by atoms with Gasteiger partial charge in [0.15, 0.2) is 5.11 Å². The molecule has 1 unspecified atom stereocenters. The number of benzene rings is 2. The average molecular weight is 409 g/mol. The molecule has 0 bridgehead atoms. The summed E-state index contributed by atoms with van der Waals surface area (Å²) in [6.45, 7) is 2.51. The number of anilines is 2. The van der Waals surface area contributed by atoms with E-state index in [1.54, 1.807) is 13.2 Å². The van der Waals surface area contributed by atoms with Crippen LogP contribution in [0.2, 0.25) is 0 Å². The predicted molar refractivity (Wildman–Crippen MR) is 109 cm³/mol. The molecule has 2 aromatic carbocycles. The summed E-state index contributed by atoms with van der Waals surface area (Å²) in [5.74, 6) is 1.23. The molecule has 3 rings (SSSR count). The molecule has 1 saturated heterocycles. The number of alkyl halides is 3. The third-order valence-corrected chi connectivity index (χ3v) is 4.97. The van der Waals surface area contributed by atoms with Gasteiger partial charge in [-0.1, -0.05) is 6.07 Å². The first kappa shape index (κ1) is 20.3. The normalized spacial score (nSPS) is 16.7. The fourth-order valence-electron chi connectivity index (χ4n) is 3.21. The molecule has 2 N–H and O–H groups in total. The summed E-state index contributed by atoms with van der Waals surface area (Å²) in [5.41, 5.74) is 0.762. The Kier molecular flexibility index (Phi) is 6.28. The molecule has 4 nitrogen and oxygen atoms in total. The highest BCUT2D eigenvalue weighted by atomic mass is 32.1. The van der Waals surface area contributed by atoms with Crippen LogP contribution in [-0.2, 0) is 6.18 Å². The van der Waals surface area contributed by atoms with Gasteiger partial charge in [0.2, 0.25) is 0 Å². The lowest BCUT2D eigenvalue weighted by molar-refractivity contribution is -0.137. The molecular formula is C20H22F3N3OS. The van der Waals surface area contributed by atoms with Gasteiger partial charge in [-0.25, -0.2) is 0 Å². The first-order chi connectivity index (χ1) is 13.3. The van der Waals surface area contributed by atoms with Crippen molar-refractivity contribution in [2.24, 2.45) is 5.92 Å². The van der Waals surface area contributed by atoms with Crippen molar-refractivity contribution in [3.05, 3.63) is 54.1 Å². The van der Waals surface area contributed by atoms with Crippen LogP contribution in [-0.4, -0.2) is 31.9 Å². The Morgan fingerprint density at radius 2 is 1.96 bits per heavy atom. The van der Waals surface area contributed by atoms with Gasteiger partial charge in [0.05, 0.1) is 12.7 Å². The predicted octanol–water partition coefficient (Wildman–Crippen LogP) is 4.53. The highest BCUT2D eigenvalue weighted by Crippen LogP contribution is 2.30. The average Bonchev–Trinajstić information content (AvgIpc) is 3.15. The minimum atomic E-state index is -4.37. The van der Waals surface area contributed by atoms with Crippen molar-refractivity contribution in [1.82, 2.24) is 5.32 Å². The van der Waals surface area contributed by atoms with Crippen LogP contribution >= 0.6 is 12.2 Å². The van der Waals surface area contributed by atoms with Crippen LogP contribution in [0, 0.1) is 5.92 Å². The molecule has 1 atom stereocenters. The van der Waals surface area contributed by atoms with E-state index < -0.39 is 11.7 Å². The number of nitrogens with zero attached hydrogens (tertiary/aromatic N) is 1. The third-order valence-electron chi connectivity index (χ3n) is 4.72. The van der Waals surface area contributed by atoms with Gasteiger partial charge in [0, 0.05) is 31.0 Å². The number of rotatable bonds is 5. The summed E-state index contributed by atoms with van der Waals surface area (Å²) in [5, 5.41) is 6.26. The Bertz CT molecular complexity index is 811. The van der Waals surface area contributed by atoms with E-state index in [2.05, 4.69) is 15.5 Å². The van der Waals surface area contributed by atoms with Gasteiger partial charge in [0.1, 0.15) is 5.75 Å². The Morgan fingerprint density at radius 1 is 1.21 bits per heavy atom. The van der Waals surface area contributed by atoms with E-state index in [-0.39, 0.29) is 0 Å². The van der Waals surface area contributed by atoms with E-state index in [4.69, 9.17) is 17.0 Å². The Morgan fingerprint density at radius 3 is 2.64 bits per heavy atom. The number of halogens is 3. The van der Waals surface area contributed by atoms with Crippen molar-refractivity contribution in [1.29, 1.82) is 0 Å². The molecule has 8 heteroatoms. The quantitative estimate of drug-likeness (QED) is 0.710. The molecule has 1 aliphatic heterocycles. The molecule has 150 valence electrons. The van der Waals surface area contributed by atoms with Crippen molar-refractivity contribution < 1.29 is 17.9 Å². The van der Waals surface area contributed by atoms with Crippen LogP contribution in [0.3, 0.4) is 0 Å². The second-order valence-corrected chi connectivity index (χ2v) is 7.12. The Balaban J connectivity index is 1.47. The smallest absolute Gasteiger partial charge is 0.416 e. The van der Waals surface area contributed by atoms with Gasteiger partial charge in [-0.3, -0.25) is 0 Å². The summed E-state index contributed by atoms with van der Waals surface area (Å²) < 4.78 is 43.5. The zero-order valence-corrected chi connectivity index (χ0v) is 16.2. The minimum Gasteiger partial charge on any atom is -0.497 e. The maximum Gasteiger partial charge on any atom is 0.416 e. The Labute approximate surface area is 167 Å². The standard InChI is InChI=1S/C20H22F3N3OS/c1-27-18-7-5-17(6-8-18)26-10-9-14(13-26)12-24-19(28)25-16-4-2-3-15(11-16)20(21,22)23/h2-8,11,14H,9-10,12-13H2,1H3,(H2,24,25,28). The molecule has 28 heavy (non-hydrogen) atoms. The van der Waals surface area contributed by atoms with Crippen LogP contribution in [0.4, 0.5) is 24.5 Å². The van der Waals surface area contributed by atoms with E-state index >= 15 is 0 Å². The third kappa shape index (κ3) is 5.28. The second-order valence-electron chi connectivity index (χ2n) is 6.71. The molecule has 0 aliphatic carbocycles. The fourth-order valence-corrected chi connectivity index (χ4v) is 3.41. The zero-order valence-electron chi connectivity index (χ0n) is 15.4. The van der Waals surface area contributed by atoms with Crippen LogP contribution in [0.5, 0.6) is 5.75 Å². The van der Waals surface area contributed by atoms with Gasteiger partial charge >= 0.3 is 6.18 Å². The SMILES string of the molecule is COc1ccc(N2CCC(CNC(=S)Nc3cccc(C(F)(F)F)c3)C2)cc1. The molecule has 1 fully saturated rings. The van der Waals surface area contributed by atoms with E-state index in [9.17, 15) is 13.2 Å². The lowest BCUT2D eigenvalue weighted by Crippen LogP contribution is -2.34. The molecule has 0 saturated carbocycles. The second kappa shape index (κ2) is 8.68. The van der Waals surface area contributed by atoms with Gasteiger partial charge < -0.3 is 20.3 Å². The van der Waals surface area contributed by atoms with Gasteiger partial charge in [-0.05, 0) is 67.0 Å². The number of ether oxygens (including phenoxy) is 1. The summed E-state index contributed by atoms with van der Waals surface area (Å²) in [7, 11) is 1.64. The monoisotopic (exact) mass is 409 g/mol. The lowest BCUT2D eigenvalue weighted by Gasteiger charge is -2.19. The van der Waals surface area contributed by atoms with Gasteiger partial charge in [-0.2, -0.15) is 13.2 Å². The summed E-state index contributed by atoms with van der Waals surface area (Å²) in [6.07, 6.45) is -3.35. The van der Waals surface area contributed by atoms with E-state index in [1.807, 2.05) is 24.3 Å². The molecule has 0 spiro atoms. The topological polar surface area (TPSA) is 36.5 Å². The molecule has 1 aliphatic rings. The number of hydrogen-bond donors (Lipinski definition) is 2. The molecule has 1 heterocycles. The Hall–Kier alpha value is -2.48. The maximum absolute atomic E-state index is 12.8. The van der Waals surface area contributed by atoms with E-state index in [0.29, 0.717) is 23.3 Å². The highest BCUT2D eigenvalue weighted by molar-refractivity contribution is 7.80. The minimum absolute atomic E-state index is 0.318. The molecule has 0 amide bonds. The summed E-state index contributed by atoms with van der Waals surface area (Å²) in [4.78, 5) is 2.30. The van der Waals surface area contributed by atoms with E-state index in [0.717, 1.165) is 43.1 Å². The van der Waals surface area contributed by atoms with E-state index in [1.165, 1.54) is 6.07 Å². The van der Waals surface area contributed by atoms with Gasteiger partial charge in [-0.15, -0.1) is 0 Å². The molecule has 0 aromatic heterocycles. The van der Waals surface area contributed by atoms with Crippen molar-refractivity contribution in [2.75, 3.05) is 37.0 Å². The van der Waals surface area contributed by atoms with Crippen molar-refractivity contribution >= 4 is 28.7 Å². The van der Waals surface area contributed by atoms with Crippen LogP contribution in [0.1, 0.15) is 12.0 Å². The van der Waals surface area contributed by atoms with Crippen LogP contribution < -0.4 is 20.3 Å². The van der Waals surface area contributed by atoms with Crippen LogP contribution in [0.25, 0.3) is 0 Å². The zero-order chi connectivity index (χ0) is 20.1. The number of methoxy groups -OCH3 is 1. The lowest BCUT2D eigenvalue weighted by atomic mass is 10.1. The summed E-state index contributed by atoms with van der Waals surface area (Å²) >= 11 is 5.23. The first-order valence-electron chi connectivity index (χ1n) is 8.96. The van der Waals surface area contributed by atoms with Crippen molar-refractivity contribution in [2.45, 2.75) is 12.6 Å². The summed E-state index contributed by atoms with van der Waals surface area (Å²) in [6, 6.07) is 13.0. The first-order valence-corrected chi connectivity index (χ1v) is 9.37. The largest absolute Gasteiger partial charge is 0.497 e. The molecule has 2 aromatic rings. The number of thiocarbonyl (C=S) groups is 1. The number of nitrogens with one attached hydrogen (secondary N) is 2. The van der Waals surface area contributed by atoms with Crippen molar-refractivity contribution in [3.63, 3.8) is 0 Å². The van der Waals surface area contributed by atoms with Crippen molar-refractivity contribution in [3.8, 4) is 5.75 Å². The fraction of sp³-hybridized carbons (Fsp3) is 0.350. The molecule has 0 radical (unpaired) electrons. The number of hydrogen-bond acceptors (Lipinski definition) is 3. The van der Waals surface area contributed by atoms with Crippen LogP contribution in [0.15, 0.2) is 48.5 Å². The highest BCUT2D eigenvalue weighted by Gasteiger charge is 2.30. The molecular weight excluding hydrogens is 387 g/mol. The maximum atomic E-state index is 12.8.